The van der Waals surface area contributed by atoms with Crippen LogP contribution in [0.4, 0.5) is 4.39 Å². The quantitative estimate of drug-likeness (QED) is 0.922. The van der Waals surface area contributed by atoms with Crippen molar-refractivity contribution in [1.29, 1.82) is 0 Å². The second-order valence-corrected chi connectivity index (χ2v) is 6.10. The first kappa shape index (κ1) is 12.8. The Morgan fingerprint density at radius 1 is 1.32 bits per heavy atom. The Hall–Kier alpha value is -1.26. The number of aryl methyl sites for hydroxylation is 1. The summed E-state index contributed by atoms with van der Waals surface area (Å²) in [4.78, 5) is 5.58. The van der Waals surface area contributed by atoms with Crippen LogP contribution in [-0.2, 0) is 6.54 Å². The SMILES string of the molecule is Cc1ncsc1CNC1CC(c2ccc(F)cc2)C1. The summed E-state index contributed by atoms with van der Waals surface area (Å²) in [6, 6.07) is 7.50. The minimum absolute atomic E-state index is 0.154. The lowest BCUT2D eigenvalue weighted by molar-refractivity contribution is 0.290. The average molecular weight is 276 g/mol. The van der Waals surface area contributed by atoms with Crippen molar-refractivity contribution in [3.63, 3.8) is 0 Å². The Bertz CT molecular complexity index is 544. The molecule has 1 fully saturated rings. The molecule has 2 nitrogen and oxygen atoms in total. The minimum atomic E-state index is -0.154. The zero-order chi connectivity index (χ0) is 13.2. The van der Waals surface area contributed by atoms with Crippen LogP contribution >= 0.6 is 11.3 Å². The Balaban J connectivity index is 1.48. The van der Waals surface area contributed by atoms with Gasteiger partial charge in [-0.15, -0.1) is 11.3 Å². The first-order valence-corrected chi connectivity index (χ1v) is 7.48. The first-order valence-electron chi connectivity index (χ1n) is 6.60. The summed E-state index contributed by atoms with van der Waals surface area (Å²) in [7, 11) is 0. The van der Waals surface area contributed by atoms with Crippen LogP contribution < -0.4 is 5.32 Å². The molecule has 1 saturated carbocycles. The smallest absolute Gasteiger partial charge is 0.123 e. The highest BCUT2D eigenvalue weighted by molar-refractivity contribution is 7.09. The molecule has 0 atom stereocenters. The Kier molecular flexibility index (Phi) is 3.62. The van der Waals surface area contributed by atoms with E-state index in [0.29, 0.717) is 12.0 Å². The molecule has 1 aliphatic carbocycles. The van der Waals surface area contributed by atoms with Gasteiger partial charge in [0.15, 0.2) is 0 Å². The molecule has 1 heterocycles. The van der Waals surface area contributed by atoms with Crippen molar-refractivity contribution in [1.82, 2.24) is 10.3 Å². The molecular formula is C15H17FN2S. The van der Waals surface area contributed by atoms with Crippen molar-refractivity contribution in [2.75, 3.05) is 0 Å². The second-order valence-electron chi connectivity index (χ2n) is 5.16. The van der Waals surface area contributed by atoms with Crippen LogP contribution in [0, 0.1) is 12.7 Å². The fourth-order valence-electron chi connectivity index (χ4n) is 2.52. The molecule has 0 aliphatic heterocycles. The normalized spacial score (nSPS) is 22.2. The van der Waals surface area contributed by atoms with E-state index in [0.717, 1.165) is 25.1 Å². The van der Waals surface area contributed by atoms with Gasteiger partial charge in [0.25, 0.3) is 0 Å². The van der Waals surface area contributed by atoms with Crippen molar-refractivity contribution in [3.8, 4) is 0 Å². The van der Waals surface area contributed by atoms with E-state index < -0.39 is 0 Å². The monoisotopic (exact) mass is 276 g/mol. The van der Waals surface area contributed by atoms with Crippen molar-refractivity contribution in [2.45, 2.75) is 38.3 Å². The lowest BCUT2D eigenvalue weighted by Gasteiger charge is -2.36. The number of hydrogen-bond donors (Lipinski definition) is 1. The van der Waals surface area contributed by atoms with Gasteiger partial charge in [-0.1, -0.05) is 12.1 Å². The maximum Gasteiger partial charge on any atom is 0.123 e. The number of benzene rings is 1. The molecular weight excluding hydrogens is 259 g/mol. The molecule has 2 aromatic rings. The molecule has 0 bridgehead atoms. The minimum Gasteiger partial charge on any atom is -0.309 e. The van der Waals surface area contributed by atoms with Crippen LogP contribution in [0.15, 0.2) is 29.8 Å². The molecule has 4 heteroatoms. The highest BCUT2D eigenvalue weighted by Crippen LogP contribution is 2.37. The molecule has 1 N–H and O–H groups in total. The van der Waals surface area contributed by atoms with Crippen molar-refractivity contribution < 1.29 is 4.39 Å². The Morgan fingerprint density at radius 3 is 2.68 bits per heavy atom. The summed E-state index contributed by atoms with van der Waals surface area (Å²) in [5.74, 6) is 0.430. The molecule has 19 heavy (non-hydrogen) atoms. The lowest BCUT2D eigenvalue weighted by atomic mass is 9.76. The maximum absolute atomic E-state index is 12.8. The molecule has 0 saturated heterocycles. The van der Waals surface area contributed by atoms with Gasteiger partial charge >= 0.3 is 0 Å². The van der Waals surface area contributed by atoms with Crippen LogP contribution in [0.5, 0.6) is 0 Å². The van der Waals surface area contributed by atoms with E-state index in [2.05, 4.69) is 17.2 Å². The molecule has 0 spiro atoms. The summed E-state index contributed by atoms with van der Waals surface area (Å²) in [5.41, 5.74) is 4.29. The average Bonchev–Trinajstić information content (AvgIpc) is 2.75. The molecule has 1 aromatic carbocycles. The van der Waals surface area contributed by atoms with Gasteiger partial charge in [0.2, 0.25) is 0 Å². The molecule has 0 radical (unpaired) electrons. The van der Waals surface area contributed by atoms with Crippen molar-refractivity contribution in [3.05, 3.63) is 51.7 Å². The predicted octanol–water partition coefficient (Wildman–Crippen LogP) is 3.63. The van der Waals surface area contributed by atoms with Gasteiger partial charge < -0.3 is 5.32 Å². The number of rotatable bonds is 4. The number of nitrogens with one attached hydrogen (secondary N) is 1. The number of hydrogen-bond acceptors (Lipinski definition) is 3. The van der Waals surface area contributed by atoms with Gasteiger partial charge in [0, 0.05) is 17.5 Å². The fourth-order valence-corrected chi connectivity index (χ4v) is 3.25. The number of aromatic nitrogens is 1. The van der Waals surface area contributed by atoms with Gasteiger partial charge in [-0.3, -0.25) is 0 Å². The van der Waals surface area contributed by atoms with Gasteiger partial charge in [-0.2, -0.15) is 0 Å². The zero-order valence-corrected chi connectivity index (χ0v) is 11.7. The topological polar surface area (TPSA) is 24.9 Å². The molecule has 1 aliphatic rings. The van der Waals surface area contributed by atoms with Crippen LogP contribution in [0.1, 0.15) is 34.9 Å². The van der Waals surface area contributed by atoms with E-state index in [9.17, 15) is 4.39 Å². The third-order valence-electron chi connectivity index (χ3n) is 3.88. The van der Waals surface area contributed by atoms with E-state index in [4.69, 9.17) is 0 Å². The van der Waals surface area contributed by atoms with E-state index in [1.54, 1.807) is 23.5 Å². The highest BCUT2D eigenvalue weighted by atomic mass is 32.1. The molecule has 0 amide bonds. The van der Waals surface area contributed by atoms with Gasteiger partial charge in [0.1, 0.15) is 5.82 Å². The standard InChI is InChI=1S/C15H17FN2S/c1-10-15(19-9-18-10)8-17-14-6-12(7-14)11-2-4-13(16)5-3-11/h2-5,9,12,14,17H,6-8H2,1H3. The Labute approximate surface area is 116 Å². The second kappa shape index (κ2) is 5.39. The molecule has 3 rings (SSSR count). The van der Waals surface area contributed by atoms with Crippen LogP contribution in [0.25, 0.3) is 0 Å². The van der Waals surface area contributed by atoms with Gasteiger partial charge in [0.05, 0.1) is 11.2 Å². The zero-order valence-electron chi connectivity index (χ0n) is 10.9. The summed E-state index contributed by atoms with van der Waals surface area (Å²) >= 11 is 1.71. The van der Waals surface area contributed by atoms with E-state index in [-0.39, 0.29) is 5.82 Å². The lowest BCUT2D eigenvalue weighted by Crippen LogP contribution is -2.39. The van der Waals surface area contributed by atoms with Crippen LogP contribution in [-0.4, -0.2) is 11.0 Å². The van der Waals surface area contributed by atoms with Gasteiger partial charge in [-0.25, -0.2) is 9.37 Å². The fraction of sp³-hybridized carbons (Fsp3) is 0.400. The van der Waals surface area contributed by atoms with Crippen molar-refractivity contribution >= 4 is 11.3 Å². The molecule has 0 unspecified atom stereocenters. The third kappa shape index (κ3) is 2.85. The Morgan fingerprint density at radius 2 is 2.05 bits per heavy atom. The first-order chi connectivity index (χ1) is 9.22. The van der Waals surface area contributed by atoms with Crippen molar-refractivity contribution in [2.24, 2.45) is 0 Å². The largest absolute Gasteiger partial charge is 0.309 e. The summed E-state index contributed by atoms with van der Waals surface area (Å²) in [6.45, 7) is 2.97. The van der Waals surface area contributed by atoms with E-state index in [1.165, 1.54) is 10.4 Å². The number of thiazole rings is 1. The highest BCUT2D eigenvalue weighted by Gasteiger charge is 2.29. The van der Waals surface area contributed by atoms with E-state index >= 15 is 0 Å². The van der Waals surface area contributed by atoms with Crippen LogP contribution in [0.2, 0.25) is 0 Å². The number of halogens is 1. The predicted molar refractivity (Wildman–Crippen MR) is 75.9 cm³/mol. The van der Waals surface area contributed by atoms with Crippen LogP contribution in [0.3, 0.4) is 0 Å². The molecule has 1 aromatic heterocycles. The number of nitrogens with zero attached hydrogens (tertiary/aromatic N) is 1. The summed E-state index contributed by atoms with van der Waals surface area (Å²) in [5, 5.41) is 3.57. The van der Waals surface area contributed by atoms with Gasteiger partial charge in [-0.05, 0) is 43.4 Å². The maximum atomic E-state index is 12.8. The van der Waals surface area contributed by atoms with E-state index in [1.807, 2.05) is 17.6 Å². The summed E-state index contributed by atoms with van der Waals surface area (Å²) < 4.78 is 12.8. The molecule has 100 valence electrons. The summed E-state index contributed by atoms with van der Waals surface area (Å²) in [6.07, 6.45) is 2.28. The third-order valence-corrected chi connectivity index (χ3v) is 4.81.